The van der Waals surface area contributed by atoms with Crippen LogP contribution in [0.2, 0.25) is 0 Å². The summed E-state index contributed by atoms with van der Waals surface area (Å²) in [6, 6.07) is 11.3. The molecule has 18 heavy (non-hydrogen) atoms. The highest BCUT2D eigenvalue weighted by Gasteiger charge is 2.42. The molecule has 0 saturated heterocycles. The molecule has 4 heteroatoms. The lowest BCUT2D eigenvalue weighted by atomic mass is 10.0. The first-order valence-corrected chi connectivity index (χ1v) is 5.78. The summed E-state index contributed by atoms with van der Waals surface area (Å²) in [7, 11) is 0. The molecule has 1 aromatic carbocycles. The van der Waals surface area contributed by atoms with Gasteiger partial charge in [-0.1, -0.05) is 0 Å². The van der Waals surface area contributed by atoms with Crippen molar-refractivity contribution in [2.24, 2.45) is 5.41 Å². The van der Waals surface area contributed by atoms with Crippen LogP contribution in [-0.2, 0) is 0 Å². The van der Waals surface area contributed by atoms with Gasteiger partial charge in [-0.2, -0.15) is 15.8 Å². The topological polar surface area (TPSA) is 83.4 Å². The molecule has 1 fully saturated rings. The molecule has 1 aromatic rings. The number of nitrogens with zero attached hydrogens (tertiary/aromatic N) is 3. The van der Waals surface area contributed by atoms with E-state index >= 15 is 0 Å². The Morgan fingerprint density at radius 1 is 1.11 bits per heavy atom. The second kappa shape index (κ2) is 4.78. The maximum Gasteiger partial charge on any atom is 0.101 e. The molecule has 0 spiro atoms. The first-order valence-electron chi connectivity index (χ1n) is 5.78. The number of benzene rings is 1. The Labute approximate surface area is 106 Å². The van der Waals surface area contributed by atoms with Crippen molar-refractivity contribution in [1.82, 2.24) is 0 Å². The highest BCUT2D eigenvalue weighted by molar-refractivity contribution is 5.56. The van der Waals surface area contributed by atoms with Crippen molar-refractivity contribution >= 4 is 5.69 Å². The zero-order chi connectivity index (χ0) is 13.0. The highest BCUT2D eigenvalue weighted by atomic mass is 14.9. The van der Waals surface area contributed by atoms with Crippen LogP contribution in [0.4, 0.5) is 5.69 Å². The molecule has 1 N–H and O–H groups in total. The first kappa shape index (κ1) is 12.0. The van der Waals surface area contributed by atoms with Gasteiger partial charge in [-0.05, 0) is 31.0 Å². The molecule has 0 unspecified atom stereocenters. The highest BCUT2D eigenvalue weighted by Crippen LogP contribution is 2.48. The third-order valence-corrected chi connectivity index (χ3v) is 3.34. The fourth-order valence-corrected chi connectivity index (χ4v) is 1.89. The number of rotatable bonds is 4. The van der Waals surface area contributed by atoms with Gasteiger partial charge in [0.25, 0.3) is 0 Å². The largest absolute Gasteiger partial charge is 0.384 e. The predicted octanol–water partition coefficient (Wildman–Crippen LogP) is 2.54. The normalized spacial score (nSPS) is 14.9. The number of hydrogen-bond donors (Lipinski definition) is 1. The Morgan fingerprint density at radius 3 is 2.39 bits per heavy atom. The summed E-state index contributed by atoms with van der Waals surface area (Å²) in [5.74, 6) is 0. The van der Waals surface area contributed by atoms with Crippen molar-refractivity contribution < 1.29 is 0 Å². The summed E-state index contributed by atoms with van der Waals surface area (Å²) in [6.45, 7) is 0.747. The quantitative estimate of drug-likeness (QED) is 0.870. The van der Waals surface area contributed by atoms with Gasteiger partial charge in [-0.25, -0.2) is 0 Å². The smallest absolute Gasteiger partial charge is 0.101 e. The molecular weight excluding hydrogens is 224 g/mol. The maximum atomic E-state index is 8.93. The monoisotopic (exact) mass is 236 g/mol. The molecule has 0 aliphatic heterocycles. The average Bonchev–Trinajstić information content (AvgIpc) is 3.16. The molecule has 0 radical (unpaired) electrons. The zero-order valence-corrected chi connectivity index (χ0v) is 9.90. The van der Waals surface area contributed by atoms with E-state index in [2.05, 4.69) is 11.4 Å². The minimum absolute atomic E-state index is 0.120. The molecular formula is C14H12N4. The molecule has 0 aromatic heterocycles. The molecule has 1 aliphatic rings. The minimum Gasteiger partial charge on any atom is -0.384 e. The molecule has 88 valence electrons. The van der Waals surface area contributed by atoms with Crippen molar-refractivity contribution in [3.05, 3.63) is 29.3 Å². The standard InChI is InChI=1S/C14H12N4/c15-6-5-14(3-4-14)10-18-13-2-1-11(8-16)12(7-13)9-17/h1-2,7,18H,3-5,10H2. The lowest BCUT2D eigenvalue weighted by molar-refractivity contribution is 0.557. The number of anilines is 1. The third kappa shape index (κ3) is 2.42. The lowest BCUT2D eigenvalue weighted by Gasteiger charge is -2.13. The average molecular weight is 236 g/mol. The van der Waals surface area contributed by atoms with Crippen LogP contribution in [0.15, 0.2) is 18.2 Å². The van der Waals surface area contributed by atoms with E-state index < -0.39 is 0 Å². The maximum absolute atomic E-state index is 8.93. The molecule has 4 nitrogen and oxygen atoms in total. The molecule has 2 rings (SSSR count). The van der Waals surface area contributed by atoms with E-state index in [1.165, 1.54) is 0 Å². The van der Waals surface area contributed by atoms with E-state index in [1.54, 1.807) is 18.2 Å². The molecule has 0 atom stereocenters. The third-order valence-electron chi connectivity index (χ3n) is 3.34. The molecule has 1 aliphatic carbocycles. The van der Waals surface area contributed by atoms with Gasteiger partial charge in [-0.3, -0.25) is 0 Å². The van der Waals surface area contributed by atoms with Gasteiger partial charge in [-0.15, -0.1) is 0 Å². The summed E-state index contributed by atoms with van der Waals surface area (Å²) < 4.78 is 0. The van der Waals surface area contributed by atoms with Gasteiger partial charge in [0.1, 0.15) is 12.1 Å². The Kier molecular flexibility index (Phi) is 3.18. The van der Waals surface area contributed by atoms with E-state index in [0.29, 0.717) is 17.5 Å². The summed E-state index contributed by atoms with van der Waals surface area (Å²) in [6.07, 6.45) is 2.73. The van der Waals surface area contributed by atoms with E-state index in [9.17, 15) is 0 Å². The Morgan fingerprint density at radius 2 is 1.83 bits per heavy atom. The number of nitrogens with one attached hydrogen (secondary N) is 1. The Bertz CT molecular complexity index is 579. The van der Waals surface area contributed by atoms with Gasteiger partial charge < -0.3 is 5.32 Å². The van der Waals surface area contributed by atoms with Crippen LogP contribution in [0.1, 0.15) is 30.4 Å². The van der Waals surface area contributed by atoms with E-state index in [-0.39, 0.29) is 5.41 Å². The van der Waals surface area contributed by atoms with Crippen molar-refractivity contribution in [3.63, 3.8) is 0 Å². The van der Waals surface area contributed by atoms with E-state index in [1.807, 2.05) is 12.1 Å². The summed E-state index contributed by atoms with van der Waals surface area (Å²) >= 11 is 0. The SMILES string of the molecule is N#CCC1(CNc2ccc(C#N)c(C#N)c2)CC1. The second-order valence-electron chi connectivity index (χ2n) is 4.67. The zero-order valence-electron chi connectivity index (χ0n) is 9.90. The van der Waals surface area contributed by atoms with E-state index in [0.717, 1.165) is 25.1 Å². The van der Waals surface area contributed by atoms with Gasteiger partial charge in [0, 0.05) is 24.1 Å². The van der Waals surface area contributed by atoms with Crippen LogP contribution in [-0.4, -0.2) is 6.54 Å². The number of hydrogen-bond acceptors (Lipinski definition) is 4. The molecule has 1 saturated carbocycles. The van der Waals surface area contributed by atoms with Gasteiger partial charge in [0.15, 0.2) is 0 Å². The van der Waals surface area contributed by atoms with Crippen molar-refractivity contribution in [1.29, 1.82) is 15.8 Å². The van der Waals surface area contributed by atoms with Gasteiger partial charge in [0.05, 0.1) is 17.2 Å². The van der Waals surface area contributed by atoms with Crippen molar-refractivity contribution in [2.45, 2.75) is 19.3 Å². The minimum atomic E-state index is 0.120. The molecule has 0 bridgehead atoms. The van der Waals surface area contributed by atoms with Crippen LogP contribution >= 0.6 is 0 Å². The second-order valence-corrected chi connectivity index (χ2v) is 4.67. The summed E-state index contributed by atoms with van der Waals surface area (Å²) in [5, 5.41) is 29.7. The Balaban J connectivity index is 2.06. The van der Waals surface area contributed by atoms with E-state index in [4.69, 9.17) is 15.8 Å². The lowest BCUT2D eigenvalue weighted by Crippen LogP contribution is -2.14. The van der Waals surface area contributed by atoms with Gasteiger partial charge in [0.2, 0.25) is 0 Å². The molecule has 0 amide bonds. The van der Waals surface area contributed by atoms with Crippen molar-refractivity contribution in [2.75, 3.05) is 11.9 Å². The van der Waals surface area contributed by atoms with Crippen LogP contribution in [0.3, 0.4) is 0 Å². The van der Waals surface area contributed by atoms with Crippen LogP contribution < -0.4 is 5.32 Å². The van der Waals surface area contributed by atoms with Crippen LogP contribution in [0, 0.1) is 39.4 Å². The summed E-state index contributed by atoms with van der Waals surface area (Å²) in [5.41, 5.74) is 1.72. The van der Waals surface area contributed by atoms with Crippen LogP contribution in [0.25, 0.3) is 0 Å². The van der Waals surface area contributed by atoms with Crippen LogP contribution in [0.5, 0.6) is 0 Å². The van der Waals surface area contributed by atoms with Gasteiger partial charge >= 0.3 is 0 Å². The molecule has 0 heterocycles. The first-order chi connectivity index (χ1) is 8.73. The Hall–Kier alpha value is -2.51. The summed E-state index contributed by atoms with van der Waals surface area (Å²) in [4.78, 5) is 0. The number of nitriles is 3. The fraction of sp³-hybridized carbons (Fsp3) is 0.357. The predicted molar refractivity (Wildman–Crippen MR) is 66.3 cm³/mol. The van der Waals surface area contributed by atoms with Crippen molar-refractivity contribution in [3.8, 4) is 18.2 Å². The fourth-order valence-electron chi connectivity index (χ4n) is 1.89.